The van der Waals surface area contributed by atoms with Crippen LogP contribution in [0.25, 0.3) is 0 Å². The standard InChI is InChI=1S/C21H29Cl4NO4/c1-15(26-30-14-21(2,3)4)27-9-6-5-7-10-29-20-17(22)12-16(13-18(20)23)28-11-8-19(24)25/h8,12-13H,5-7,9-11,14H2,1-4H3. The van der Waals surface area contributed by atoms with Gasteiger partial charge in [-0.2, -0.15) is 0 Å². The van der Waals surface area contributed by atoms with E-state index in [1.165, 1.54) is 6.08 Å². The van der Waals surface area contributed by atoms with E-state index in [4.69, 9.17) is 65.5 Å². The minimum Gasteiger partial charge on any atom is -0.490 e. The molecule has 5 nitrogen and oxygen atoms in total. The molecule has 0 heterocycles. The second kappa shape index (κ2) is 14.1. The van der Waals surface area contributed by atoms with E-state index in [0.29, 0.717) is 47.3 Å². The lowest BCUT2D eigenvalue weighted by Crippen LogP contribution is -2.13. The predicted molar refractivity (Wildman–Crippen MR) is 126 cm³/mol. The van der Waals surface area contributed by atoms with Crippen molar-refractivity contribution in [2.45, 2.75) is 47.0 Å². The van der Waals surface area contributed by atoms with E-state index in [1.807, 2.05) is 0 Å². The van der Waals surface area contributed by atoms with E-state index in [1.54, 1.807) is 19.1 Å². The zero-order valence-corrected chi connectivity index (χ0v) is 20.8. The van der Waals surface area contributed by atoms with Crippen LogP contribution in [0.4, 0.5) is 0 Å². The number of halogens is 4. The summed E-state index contributed by atoms with van der Waals surface area (Å²) in [6, 6.07) is 3.27. The van der Waals surface area contributed by atoms with Gasteiger partial charge in [0.25, 0.3) is 0 Å². The number of ether oxygens (including phenoxy) is 3. The molecule has 0 N–H and O–H groups in total. The van der Waals surface area contributed by atoms with Crippen LogP contribution in [0.5, 0.6) is 11.5 Å². The summed E-state index contributed by atoms with van der Waals surface area (Å²) < 4.78 is 16.8. The monoisotopic (exact) mass is 499 g/mol. The molecule has 0 fully saturated rings. The fourth-order valence-electron chi connectivity index (χ4n) is 2.08. The predicted octanol–water partition coefficient (Wildman–Crippen LogP) is 7.65. The van der Waals surface area contributed by atoms with Crippen molar-refractivity contribution < 1.29 is 19.0 Å². The Morgan fingerprint density at radius 2 is 1.63 bits per heavy atom. The van der Waals surface area contributed by atoms with Gasteiger partial charge in [0.05, 0.1) is 23.3 Å². The van der Waals surface area contributed by atoms with Gasteiger partial charge in [0, 0.05) is 19.1 Å². The molecule has 0 aromatic heterocycles. The lowest BCUT2D eigenvalue weighted by atomic mass is 9.99. The molecule has 0 unspecified atom stereocenters. The highest BCUT2D eigenvalue weighted by Crippen LogP contribution is 2.37. The van der Waals surface area contributed by atoms with Crippen molar-refractivity contribution >= 4 is 52.3 Å². The van der Waals surface area contributed by atoms with Gasteiger partial charge in [-0.25, -0.2) is 0 Å². The highest BCUT2D eigenvalue weighted by molar-refractivity contribution is 6.55. The van der Waals surface area contributed by atoms with E-state index >= 15 is 0 Å². The zero-order chi connectivity index (χ0) is 22.6. The highest BCUT2D eigenvalue weighted by Gasteiger charge is 2.11. The van der Waals surface area contributed by atoms with Crippen molar-refractivity contribution in [2.75, 3.05) is 26.4 Å². The Hall–Kier alpha value is -1.01. The first kappa shape index (κ1) is 27.0. The molecular formula is C21H29Cl4NO4. The molecular weight excluding hydrogens is 472 g/mol. The van der Waals surface area contributed by atoms with Crippen molar-refractivity contribution in [1.82, 2.24) is 0 Å². The lowest BCUT2D eigenvalue weighted by Gasteiger charge is -2.15. The molecule has 0 atom stereocenters. The van der Waals surface area contributed by atoms with Gasteiger partial charge in [0.15, 0.2) is 5.75 Å². The molecule has 0 amide bonds. The van der Waals surface area contributed by atoms with Crippen LogP contribution < -0.4 is 9.47 Å². The van der Waals surface area contributed by atoms with Gasteiger partial charge < -0.3 is 19.0 Å². The zero-order valence-electron chi connectivity index (χ0n) is 17.8. The summed E-state index contributed by atoms with van der Waals surface area (Å²) >= 11 is 23.6. The van der Waals surface area contributed by atoms with Crippen LogP contribution in [-0.2, 0) is 9.57 Å². The van der Waals surface area contributed by atoms with Crippen LogP contribution in [0.2, 0.25) is 10.0 Å². The van der Waals surface area contributed by atoms with Gasteiger partial charge in [-0.15, -0.1) is 0 Å². The van der Waals surface area contributed by atoms with Crippen LogP contribution in [-0.4, -0.2) is 32.3 Å². The lowest BCUT2D eigenvalue weighted by molar-refractivity contribution is 0.0701. The van der Waals surface area contributed by atoms with E-state index in [2.05, 4.69) is 25.9 Å². The minimum absolute atomic E-state index is 0.0682. The molecule has 1 aromatic carbocycles. The highest BCUT2D eigenvalue weighted by atomic mass is 35.5. The number of hydrogen-bond acceptors (Lipinski definition) is 5. The van der Waals surface area contributed by atoms with Crippen LogP contribution in [0.1, 0.15) is 47.0 Å². The van der Waals surface area contributed by atoms with E-state index in [0.717, 1.165) is 19.3 Å². The van der Waals surface area contributed by atoms with Gasteiger partial charge >= 0.3 is 0 Å². The minimum atomic E-state index is 0.0682. The Morgan fingerprint density at radius 3 is 2.23 bits per heavy atom. The topological polar surface area (TPSA) is 49.3 Å². The number of nitrogens with zero attached hydrogens (tertiary/aromatic N) is 1. The number of unbranched alkanes of at least 4 members (excludes halogenated alkanes) is 2. The molecule has 30 heavy (non-hydrogen) atoms. The Morgan fingerprint density at radius 1 is 1.00 bits per heavy atom. The summed E-state index contributed by atoms with van der Waals surface area (Å²) in [6.45, 7) is 9.85. The molecule has 9 heteroatoms. The van der Waals surface area contributed by atoms with E-state index in [-0.39, 0.29) is 16.5 Å². The summed E-state index contributed by atoms with van der Waals surface area (Å²) in [7, 11) is 0. The summed E-state index contributed by atoms with van der Waals surface area (Å²) in [5.41, 5.74) is 0.0682. The van der Waals surface area contributed by atoms with Gasteiger partial charge in [0.2, 0.25) is 5.90 Å². The Balaban J connectivity index is 2.26. The third-order valence-electron chi connectivity index (χ3n) is 3.50. The average Bonchev–Trinajstić information content (AvgIpc) is 2.61. The quantitative estimate of drug-likeness (QED) is 0.128. The second-order valence-electron chi connectivity index (χ2n) is 7.72. The first-order chi connectivity index (χ1) is 14.1. The average molecular weight is 501 g/mol. The second-order valence-corrected chi connectivity index (χ2v) is 9.55. The molecule has 1 aromatic rings. The van der Waals surface area contributed by atoms with Crippen molar-refractivity contribution in [3.63, 3.8) is 0 Å². The first-order valence-corrected chi connectivity index (χ1v) is 11.1. The fraction of sp³-hybridized carbons (Fsp3) is 0.571. The Labute approximate surface area is 199 Å². The summed E-state index contributed by atoms with van der Waals surface area (Å²) in [5, 5.41) is 4.71. The molecule has 0 aliphatic rings. The molecule has 0 aliphatic carbocycles. The third-order valence-corrected chi connectivity index (χ3v) is 4.37. The number of benzene rings is 1. The molecule has 0 radical (unpaired) electrons. The normalized spacial score (nSPS) is 11.8. The molecule has 0 spiro atoms. The Kier molecular flexibility index (Phi) is 12.7. The van der Waals surface area contributed by atoms with E-state index in [9.17, 15) is 0 Å². The van der Waals surface area contributed by atoms with Crippen molar-refractivity contribution in [3.8, 4) is 11.5 Å². The maximum absolute atomic E-state index is 6.24. The van der Waals surface area contributed by atoms with Crippen molar-refractivity contribution in [3.05, 3.63) is 32.7 Å². The SMILES string of the molecule is CC(=NOCC(C)(C)C)OCCCCCOc1c(Cl)cc(OCC=C(Cl)Cl)cc1Cl. The van der Waals surface area contributed by atoms with Crippen LogP contribution in [0, 0.1) is 5.41 Å². The van der Waals surface area contributed by atoms with Crippen LogP contribution in [0.15, 0.2) is 27.9 Å². The molecule has 1 rings (SSSR count). The largest absolute Gasteiger partial charge is 0.490 e. The molecule has 0 bridgehead atoms. The van der Waals surface area contributed by atoms with Gasteiger partial charge in [-0.3, -0.25) is 0 Å². The molecule has 0 saturated carbocycles. The van der Waals surface area contributed by atoms with E-state index < -0.39 is 0 Å². The summed E-state index contributed by atoms with van der Waals surface area (Å²) in [5.74, 6) is 1.47. The van der Waals surface area contributed by atoms with Gasteiger partial charge in [0.1, 0.15) is 23.5 Å². The van der Waals surface area contributed by atoms with Gasteiger partial charge in [-0.1, -0.05) is 72.3 Å². The van der Waals surface area contributed by atoms with Crippen LogP contribution >= 0.6 is 46.4 Å². The number of hydrogen-bond donors (Lipinski definition) is 0. The smallest absolute Gasteiger partial charge is 0.222 e. The van der Waals surface area contributed by atoms with Crippen molar-refractivity contribution in [2.24, 2.45) is 10.6 Å². The first-order valence-electron chi connectivity index (χ1n) is 9.63. The van der Waals surface area contributed by atoms with Crippen LogP contribution in [0.3, 0.4) is 0 Å². The fourth-order valence-corrected chi connectivity index (χ4v) is 2.78. The number of oxime groups is 1. The molecule has 170 valence electrons. The van der Waals surface area contributed by atoms with Gasteiger partial charge in [-0.05, 0) is 30.8 Å². The third kappa shape index (κ3) is 12.6. The van der Waals surface area contributed by atoms with Crippen molar-refractivity contribution in [1.29, 1.82) is 0 Å². The Bertz CT molecular complexity index is 690. The summed E-state index contributed by atoms with van der Waals surface area (Å²) in [4.78, 5) is 5.26. The molecule has 0 aliphatic heterocycles. The summed E-state index contributed by atoms with van der Waals surface area (Å²) in [6.07, 6.45) is 4.16. The number of rotatable bonds is 12. The molecule has 0 saturated heterocycles. The maximum Gasteiger partial charge on any atom is 0.222 e. The maximum atomic E-state index is 6.24.